The number of sulfonamides is 1. The Morgan fingerprint density at radius 3 is 2.56 bits per heavy atom. The van der Waals surface area contributed by atoms with E-state index in [1.807, 2.05) is 30.3 Å². The molecule has 0 radical (unpaired) electrons. The average Bonchev–Trinajstić information content (AvgIpc) is 2.78. The third-order valence-electron chi connectivity index (χ3n) is 2.37. The van der Waals surface area contributed by atoms with Crippen LogP contribution in [0.5, 0.6) is 0 Å². The third-order valence-corrected chi connectivity index (χ3v) is 5.72. The van der Waals surface area contributed by atoms with Gasteiger partial charge in [-0.25, -0.2) is 13.4 Å². The highest BCUT2D eigenvalue weighted by molar-refractivity contribution is 7.91. The first kappa shape index (κ1) is 13.5. The summed E-state index contributed by atoms with van der Waals surface area (Å²) in [5.74, 6) is 0. The molecule has 0 atom stereocenters. The summed E-state index contributed by atoms with van der Waals surface area (Å²) in [6.45, 7) is 0.318. The molecule has 0 aliphatic heterocycles. The molecule has 0 saturated heterocycles. The van der Waals surface area contributed by atoms with E-state index in [-0.39, 0.29) is 8.68 Å². The predicted molar refractivity (Wildman–Crippen MR) is 72.2 cm³/mol. The smallest absolute Gasteiger partial charge is 0.232 e. The molecule has 4 nitrogen and oxygen atoms in total. The Hall–Kier alpha value is -0.950. The van der Waals surface area contributed by atoms with Crippen LogP contribution in [0.1, 0.15) is 5.56 Å². The van der Waals surface area contributed by atoms with Gasteiger partial charge < -0.3 is 0 Å². The van der Waals surface area contributed by atoms with Gasteiger partial charge in [-0.1, -0.05) is 53.3 Å². The molecule has 2 aromatic rings. The van der Waals surface area contributed by atoms with Gasteiger partial charge in [0.15, 0.2) is 8.68 Å². The van der Waals surface area contributed by atoms with Crippen molar-refractivity contribution in [2.75, 3.05) is 7.05 Å². The molecule has 7 heteroatoms. The molecular formula is C11H11ClN2O2S2. The van der Waals surface area contributed by atoms with Crippen LogP contribution >= 0.6 is 22.9 Å². The number of halogens is 1. The average molecular weight is 303 g/mol. The predicted octanol–water partition coefficient (Wildman–Crippen LogP) is 2.62. The second-order valence-corrected chi connectivity index (χ2v) is 7.56. The minimum Gasteiger partial charge on any atom is -0.232 e. The highest BCUT2D eigenvalue weighted by atomic mass is 35.5. The van der Waals surface area contributed by atoms with Gasteiger partial charge in [0.05, 0.1) is 6.20 Å². The fourth-order valence-electron chi connectivity index (χ4n) is 1.44. The minimum absolute atomic E-state index is 0.158. The summed E-state index contributed by atoms with van der Waals surface area (Å²) in [6.07, 6.45) is 1.28. The van der Waals surface area contributed by atoms with E-state index in [2.05, 4.69) is 4.98 Å². The van der Waals surface area contributed by atoms with Crippen molar-refractivity contribution < 1.29 is 8.42 Å². The zero-order chi connectivity index (χ0) is 13.2. The molecule has 0 bridgehead atoms. The first-order valence-corrected chi connectivity index (χ1v) is 7.75. The zero-order valence-electron chi connectivity index (χ0n) is 9.58. The molecule has 0 spiro atoms. The van der Waals surface area contributed by atoms with Crippen LogP contribution in [0.4, 0.5) is 0 Å². The van der Waals surface area contributed by atoms with Crippen molar-refractivity contribution in [1.82, 2.24) is 9.29 Å². The van der Waals surface area contributed by atoms with E-state index in [4.69, 9.17) is 11.6 Å². The van der Waals surface area contributed by atoms with E-state index in [0.29, 0.717) is 6.54 Å². The van der Waals surface area contributed by atoms with Crippen molar-refractivity contribution in [3.8, 4) is 0 Å². The van der Waals surface area contributed by atoms with Crippen LogP contribution < -0.4 is 0 Å². The number of aromatic nitrogens is 1. The first-order valence-electron chi connectivity index (χ1n) is 5.12. The maximum absolute atomic E-state index is 12.2. The molecule has 1 aromatic carbocycles. The summed E-state index contributed by atoms with van der Waals surface area (Å²) in [6, 6.07) is 9.40. The number of hydrogen-bond donors (Lipinski definition) is 0. The van der Waals surface area contributed by atoms with Crippen LogP contribution in [0.15, 0.2) is 40.7 Å². The highest BCUT2D eigenvalue weighted by Gasteiger charge is 2.23. The summed E-state index contributed by atoms with van der Waals surface area (Å²) < 4.78 is 26.0. The molecule has 96 valence electrons. The fraction of sp³-hybridized carbons (Fsp3) is 0.182. The largest absolute Gasteiger partial charge is 0.254 e. The molecule has 0 aliphatic rings. The molecule has 1 aromatic heterocycles. The van der Waals surface area contributed by atoms with Crippen molar-refractivity contribution in [3.05, 3.63) is 46.6 Å². The number of benzene rings is 1. The van der Waals surface area contributed by atoms with E-state index >= 15 is 0 Å². The van der Waals surface area contributed by atoms with E-state index in [9.17, 15) is 8.42 Å². The number of nitrogens with zero attached hydrogens (tertiary/aromatic N) is 2. The molecule has 1 heterocycles. The van der Waals surface area contributed by atoms with Gasteiger partial charge in [-0.05, 0) is 5.56 Å². The summed E-state index contributed by atoms with van der Waals surface area (Å²) in [5.41, 5.74) is 0.930. The van der Waals surface area contributed by atoms with Crippen molar-refractivity contribution in [1.29, 1.82) is 0 Å². The Morgan fingerprint density at radius 1 is 1.33 bits per heavy atom. The van der Waals surface area contributed by atoms with Gasteiger partial charge in [0, 0.05) is 13.6 Å². The first-order chi connectivity index (χ1) is 8.50. The van der Waals surface area contributed by atoms with Gasteiger partial charge in [-0.2, -0.15) is 4.31 Å². The quantitative estimate of drug-likeness (QED) is 0.872. The van der Waals surface area contributed by atoms with Gasteiger partial charge >= 0.3 is 0 Å². The lowest BCUT2D eigenvalue weighted by molar-refractivity contribution is 0.468. The van der Waals surface area contributed by atoms with E-state index in [0.717, 1.165) is 16.9 Å². The van der Waals surface area contributed by atoms with Crippen LogP contribution in [-0.4, -0.2) is 24.8 Å². The van der Waals surface area contributed by atoms with Crippen LogP contribution in [-0.2, 0) is 16.6 Å². The molecule has 0 fully saturated rings. The highest BCUT2D eigenvalue weighted by Crippen LogP contribution is 2.25. The third kappa shape index (κ3) is 2.89. The lowest BCUT2D eigenvalue weighted by Crippen LogP contribution is -2.25. The molecule has 0 saturated carbocycles. The van der Waals surface area contributed by atoms with E-state index < -0.39 is 10.0 Å². The Bertz CT molecular complexity index is 626. The molecule has 0 unspecified atom stereocenters. The van der Waals surface area contributed by atoms with Gasteiger partial charge in [-0.3, -0.25) is 0 Å². The van der Waals surface area contributed by atoms with Gasteiger partial charge in [-0.15, -0.1) is 0 Å². The van der Waals surface area contributed by atoms with Crippen LogP contribution in [0.2, 0.25) is 4.47 Å². The van der Waals surface area contributed by atoms with Crippen molar-refractivity contribution in [2.24, 2.45) is 0 Å². The Labute approximate surface area is 115 Å². The van der Waals surface area contributed by atoms with Crippen LogP contribution in [0.3, 0.4) is 0 Å². The molecule has 18 heavy (non-hydrogen) atoms. The summed E-state index contributed by atoms with van der Waals surface area (Å²) in [4.78, 5) is 3.75. The minimum atomic E-state index is -3.51. The lowest BCUT2D eigenvalue weighted by atomic mass is 10.2. The number of thiazole rings is 1. The van der Waals surface area contributed by atoms with Gasteiger partial charge in [0.25, 0.3) is 10.0 Å². The van der Waals surface area contributed by atoms with Crippen molar-refractivity contribution >= 4 is 33.0 Å². The Kier molecular flexibility index (Phi) is 4.01. The van der Waals surface area contributed by atoms with Gasteiger partial charge in [0.2, 0.25) is 0 Å². The van der Waals surface area contributed by atoms with E-state index in [1.54, 1.807) is 0 Å². The maximum atomic E-state index is 12.2. The second-order valence-electron chi connectivity index (χ2n) is 3.68. The fourth-order valence-corrected chi connectivity index (χ4v) is 4.10. The van der Waals surface area contributed by atoms with Crippen molar-refractivity contribution in [2.45, 2.75) is 10.8 Å². The summed E-state index contributed by atoms with van der Waals surface area (Å²) >= 11 is 6.61. The van der Waals surface area contributed by atoms with Crippen molar-refractivity contribution in [3.63, 3.8) is 0 Å². The summed E-state index contributed by atoms with van der Waals surface area (Å²) in [7, 11) is -1.97. The Morgan fingerprint density at radius 2 is 2.00 bits per heavy atom. The second kappa shape index (κ2) is 5.36. The summed E-state index contributed by atoms with van der Waals surface area (Å²) in [5, 5.41) is 0. The topological polar surface area (TPSA) is 50.3 Å². The van der Waals surface area contributed by atoms with Gasteiger partial charge in [0.1, 0.15) is 0 Å². The molecule has 2 rings (SSSR count). The Balaban J connectivity index is 2.21. The maximum Gasteiger partial charge on any atom is 0.254 e. The van der Waals surface area contributed by atoms with Crippen LogP contribution in [0.25, 0.3) is 0 Å². The number of hydrogen-bond acceptors (Lipinski definition) is 4. The SMILES string of the molecule is CN(Cc1ccccc1)S(=O)(=O)c1cnc(Cl)s1. The molecule has 0 amide bonds. The van der Waals surface area contributed by atoms with Crippen LogP contribution in [0, 0.1) is 0 Å². The molecule has 0 aliphatic carbocycles. The zero-order valence-corrected chi connectivity index (χ0v) is 12.0. The monoisotopic (exact) mass is 302 g/mol. The van der Waals surface area contributed by atoms with E-state index in [1.165, 1.54) is 17.5 Å². The molecule has 0 N–H and O–H groups in total. The number of rotatable bonds is 4. The standard InChI is InChI=1S/C11H11ClN2O2S2/c1-14(8-9-5-3-2-4-6-9)18(15,16)10-7-13-11(12)17-10/h2-7H,8H2,1H3. The molecular weight excluding hydrogens is 292 g/mol. The normalized spacial score (nSPS) is 11.9. The lowest BCUT2D eigenvalue weighted by Gasteiger charge is -2.15.